The summed E-state index contributed by atoms with van der Waals surface area (Å²) in [5, 5.41) is 1.36. The molecular weight excluding hydrogens is 234 g/mol. The number of benzene rings is 1. The van der Waals surface area contributed by atoms with Crippen molar-refractivity contribution in [3.8, 4) is 0 Å². The van der Waals surface area contributed by atoms with Crippen LogP contribution in [0.3, 0.4) is 0 Å². The molecule has 0 spiro atoms. The Hall–Kier alpha value is -2.03. The Bertz CT molecular complexity index is 579. The monoisotopic (exact) mass is 257 g/mol. The van der Waals surface area contributed by atoms with Crippen LogP contribution in [0.2, 0.25) is 0 Å². The second kappa shape index (κ2) is 7.41. The first-order valence-electron chi connectivity index (χ1n) is 6.37. The lowest BCUT2D eigenvalue weighted by Gasteiger charge is -1.90. The minimum Gasteiger partial charge on any atom is -0.361 e. The quantitative estimate of drug-likeness (QED) is 0.704. The van der Waals surface area contributed by atoms with Crippen LogP contribution in [0.15, 0.2) is 43.0 Å². The molecule has 0 atom stereocenters. The average Bonchev–Trinajstić information content (AvgIpc) is 3.08. The summed E-state index contributed by atoms with van der Waals surface area (Å²) in [5.74, 6) is 0. The summed E-state index contributed by atoms with van der Waals surface area (Å²) in [6.07, 6.45) is 7.76. The Morgan fingerprint density at radius 3 is 2.42 bits per heavy atom. The van der Waals surface area contributed by atoms with Crippen LogP contribution >= 0.6 is 0 Å². The number of aryl methyl sites for hydroxylation is 2. The molecule has 19 heavy (non-hydrogen) atoms. The summed E-state index contributed by atoms with van der Waals surface area (Å²) < 4.78 is 0. The molecule has 2 heterocycles. The van der Waals surface area contributed by atoms with E-state index >= 15 is 0 Å². The number of nitrogens with one attached hydrogen (secondary N) is 2. The van der Waals surface area contributed by atoms with E-state index in [0.717, 1.165) is 12.8 Å². The molecule has 1 aromatic carbocycles. The number of hydrogen-bond donors (Lipinski definition) is 2. The van der Waals surface area contributed by atoms with Gasteiger partial charge in [0, 0.05) is 29.0 Å². The van der Waals surface area contributed by atoms with Crippen molar-refractivity contribution in [1.29, 1.82) is 0 Å². The van der Waals surface area contributed by atoms with Crippen molar-refractivity contribution < 1.29 is 0 Å². The van der Waals surface area contributed by atoms with Gasteiger partial charge in [-0.1, -0.05) is 39.5 Å². The molecule has 0 aliphatic heterocycles. The number of rotatable bonds is 2. The van der Waals surface area contributed by atoms with Crippen LogP contribution in [0.4, 0.5) is 0 Å². The number of para-hydroxylation sites is 1. The van der Waals surface area contributed by atoms with Crippen LogP contribution in [0.1, 0.15) is 32.5 Å². The van der Waals surface area contributed by atoms with Gasteiger partial charge in [-0.15, -0.1) is 0 Å². The second-order valence-electron chi connectivity index (χ2n) is 4.14. The van der Waals surface area contributed by atoms with Gasteiger partial charge in [0.1, 0.15) is 0 Å². The first kappa shape index (κ1) is 15.0. The maximum atomic E-state index is 3.84. The van der Waals surface area contributed by atoms with E-state index in [1.807, 2.05) is 6.20 Å². The van der Waals surface area contributed by atoms with Crippen molar-refractivity contribution in [2.75, 3.05) is 0 Å². The molecule has 0 unspecified atom stereocenters. The van der Waals surface area contributed by atoms with Gasteiger partial charge in [0.05, 0.1) is 6.33 Å². The lowest BCUT2D eigenvalue weighted by atomic mass is 10.1. The van der Waals surface area contributed by atoms with Gasteiger partial charge in [0.25, 0.3) is 0 Å². The smallest absolute Gasteiger partial charge is 0.0921 e. The molecule has 0 saturated heterocycles. The fourth-order valence-corrected chi connectivity index (χ4v) is 1.90. The fraction of sp³-hybridized carbons (Fsp3) is 0.312. The SMILES string of the molecule is C.CCc1c[nH]c2ccccc12.CCc1cnc[nH]1. The van der Waals surface area contributed by atoms with Crippen LogP contribution in [-0.4, -0.2) is 15.0 Å². The second-order valence-corrected chi connectivity index (χ2v) is 4.14. The topological polar surface area (TPSA) is 44.5 Å². The van der Waals surface area contributed by atoms with E-state index in [-0.39, 0.29) is 7.43 Å². The summed E-state index contributed by atoms with van der Waals surface area (Å²) >= 11 is 0. The third-order valence-electron chi connectivity index (χ3n) is 2.99. The summed E-state index contributed by atoms with van der Waals surface area (Å²) in [5.41, 5.74) is 3.84. The van der Waals surface area contributed by atoms with E-state index in [1.54, 1.807) is 6.33 Å². The number of nitrogens with zero attached hydrogens (tertiary/aromatic N) is 1. The zero-order valence-electron chi connectivity index (χ0n) is 10.9. The van der Waals surface area contributed by atoms with Crippen molar-refractivity contribution in [3.63, 3.8) is 0 Å². The van der Waals surface area contributed by atoms with Gasteiger partial charge in [-0.25, -0.2) is 4.98 Å². The Morgan fingerprint density at radius 1 is 1.05 bits per heavy atom. The molecule has 0 aliphatic rings. The molecule has 3 rings (SSSR count). The predicted octanol–water partition coefficient (Wildman–Crippen LogP) is 4.34. The van der Waals surface area contributed by atoms with Crippen LogP contribution in [0.25, 0.3) is 10.9 Å². The maximum absolute atomic E-state index is 3.84. The number of aromatic nitrogens is 3. The van der Waals surface area contributed by atoms with Crippen LogP contribution in [0.5, 0.6) is 0 Å². The zero-order chi connectivity index (χ0) is 12.8. The summed E-state index contributed by atoms with van der Waals surface area (Å²) in [6.45, 7) is 4.27. The van der Waals surface area contributed by atoms with Crippen molar-refractivity contribution >= 4 is 10.9 Å². The number of fused-ring (bicyclic) bond motifs is 1. The number of aromatic amines is 2. The van der Waals surface area contributed by atoms with Crippen LogP contribution in [0, 0.1) is 0 Å². The third-order valence-corrected chi connectivity index (χ3v) is 2.99. The van der Waals surface area contributed by atoms with E-state index in [0.29, 0.717) is 0 Å². The van der Waals surface area contributed by atoms with Crippen molar-refractivity contribution in [2.24, 2.45) is 0 Å². The maximum Gasteiger partial charge on any atom is 0.0921 e. The summed E-state index contributed by atoms with van der Waals surface area (Å²) in [6, 6.07) is 8.40. The molecule has 0 radical (unpaired) electrons. The van der Waals surface area contributed by atoms with Gasteiger partial charge in [-0.05, 0) is 24.5 Å². The number of H-pyrrole nitrogens is 2. The molecule has 2 N–H and O–H groups in total. The van der Waals surface area contributed by atoms with Gasteiger partial charge in [-0.3, -0.25) is 0 Å². The Balaban J connectivity index is 0.000000198. The lowest BCUT2D eigenvalue weighted by molar-refractivity contribution is 1.06. The molecule has 3 aromatic rings. The third kappa shape index (κ3) is 3.71. The lowest BCUT2D eigenvalue weighted by Crippen LogP contribution is -1.73. The highest BCUT2D eigenvalue weighted by atomic mass is 14.8. The van der Waals surface area contributed by atoms with Crippen LogP contribution < -0.4 is 0 Å². The van der Waals surface area contributed by atoms with Gasteiger partial charge < -0.3 is 9.97 Å². The highest BCUT2D eigenvalue weighted by Gasteiger charge is 1.97. The van der Waals surface area contributed by atoms with E-state index in [1.165, 1.54) is 22.2 Å². The van der Waals surface area contributed by atoms with E-state index in [2.05, 4.69) is 59.3 Å². The highest BCUT2D eigenvalue weighted by Crippen LogP contribution is 2.17. The molecule has 0 fully saturated rings. The average molecular weight is 257 g/mol. The minimum atomic E-state index is 0. The largest absolute Gasteiger partial charge is 0.361 e. The number of hydrogen-bond acceptors (Lipinski definition) is 1. The Labute approximate surface area is 115 Å². The van der Waals surface area contributed by atoms with E-state index < -0.39 is 0 Å². The van der Waals surface area contributed by atoms with Gasteiger partial charge in [0.15, 0.2) is 0 Å². The van der Waals surface area contributed by atoms with Crippen molar-refractivity contribution in [1.82, 2.24) is 15.0 Å². The first-order chi connectivity index (χ1) is 8.85. The Kier molecular flexibility index (Phi) is 5.86. The van der Waals surface area contributed by atoms with E-state index in [4.69, 9.17) is 0 Å². The van der Waals surface area contributed by atoms with Gasteiger partial charge >= 0.3 is 0 Å². The van der Waals surface area contributed by atoms with Crippen LogP contribution in [-0.2, 0) is 12.8 Å². The molecule has 0 aliphatic carbocycles. The molecule has 3 heteroatoms. The molecule has 2 aromatic heterocycles. The summed E-state index contributed by atoms with van der Waals surface area (Å²) in [4.78, 5) is 10.1. The molecule has 0 saturated carbocycles. The summed E-state index contributed by atoms with van der Waals surface area (Å²) in [7, 11) is 0. The molecule has 102 valence electrons. The molecule has 3 nitrogen and oxygen atoms in total. The molecule has 0 amide bonds. The van der Waals surface area contributed by atoms with Crippen molar-refractivity contribution in [2.45, 2.75) is 34.1 Å². The fourth-order valence-electron chi connectivity index (χ4n) is 1.90. The molecule has 0 bridgehead atoms. The first-order valence-corrected chi connectivity index (χ1v) is 6.37. The van der Waals surface area contributed by atoms with E-state index in [9.17, 15) is 0 Å². The minimum absolute atomic E-state index is 0. The van der Waals surface area contributed by atoms with Gasteiger partial charge in [0.2, 0.25) is 0 Å². The highest BCUT2D eigenvalue weighted by molar-refractivity contribution is 5.82. The standard InChI is InChI=1S/C10H11N.C5H8N2.CH4/c1-2-8-7-11-10-6-4-3-5-9(8)10;1-2-5-3-6-4-7-5;/h3-7,11H,2H2,1H3;3-4H,2H2,1H3,(H,6,7);1H4. The Morgan fingerprint density at radius 2 is 1.84 bits per heavy atom. The zero-order valence-corrected chi connectivity index (χ0v) is 10.9. The van der Waals surface area contributed by atoms with Gasteiger partial charge in [-0.2, -0.15) is 0 Å². The molecular formula is C16H23N3. The normalized spacial score (nSPS) is 9.58. The predicted molar refractivity (Wildman–Crippen MR) is 82.4 cm³/mol. The van der Waals surface area contributed by atoms with Crippen molar-refractivity contribution in [3.05, 3.63) is 54.2 Å². The number of imidazole rings is 1.